The van der Waals surface area contributed by atoms with Crippen LogP contribution >= 0.6 is 0 Å². The average Bonchev–Trinajstić information content (AvgIpc) is 2.86. The van der Waals surface area contributed by atoms with Crippen LogP contribution in [0.1, 0.15) is 44.9 Å². The van der Waals surface area contributed by atoms with Crippen molar-refractivity contribution in [1.82, 2.24) is 5.32 Å². The zero-order chi connectivity index (χ0) is 12.1. The van der Waals surface area contributed by atoms with E-state index in [0.717, 1.165) is 35.9 Å². The summed E-state index contributed by atoms with van der Waals surface area (Å²) in [5.41, 5.74) is 1.11. The topological polar surface area (TPSA) is 44.6 Å². The van der Waals surface area contributed by atoms with Gasteiger partial charge in [-0.2, -0.15) is 0 Å². The van der Waals surface area contributed by atoms with Crippen LogP contribution in [0, 0.1) is 29.6 Å². The molecule has 1 heterocycles. The third-order valence-corrected chi connectivity index (χ3v) is 6.10. The molecule has 1 unspecified atom stereocenters. The molecule has 0 aromatic heterocycles. The summed E-state index contributed by atoms with van der Waals surface area (Å²) in [6.45, 7) is 1.09. The molecular weight excluding hydrogens is 224 g/mol. The maximum Gasteiger partial charge on any atom is 0.0776 e. The van der Waals surface area contributed by atoms with Crippen molar-refractivity contribution in [3.8, 4) is 0 Å². The summed E-state index contributed by atoms with van der Waals surface area (Å²) in [5.74, 6) is 4.25. The summed E-state index contributed by atoms with van der Waals surface area (Å²) in [7, 11) is 0. The molecule has 1 saturated heterocycles. The zero-order valence-electron chi connectivity index (χ0n) is 11.0. The molecule has 0 radical (unpaired) electrons. The van der Waals surface area contributed by atoms with Crippen LogP contribution in [0.25, 0.3) is 0 Å². The highest BCUT2D eigenvalue weighted by molar-refractivity contribution is 5.92. The van der Waals surface area contributed by atoms with E-state index in [-0.39, 0.29) is 0 Å². The Labute approximate surface area is 109 Å². The fourth-order valence-corrected chi connectivity index (χ4v) is 5.71. The van der Waals surface area contributed by atoms with Gasteiger partial charge in [-0.05, 0) is 75.2 Å². The van der Waals surface area contributed by atoms with Crippen LogP contribution in [0.2, 0.25) is 0 Å². The summed E-state index contributed by atoms with van der Waals surface area (Å²) >= 11 is 0. The highest BCUT2D eigenvalue weighted by Crippen LogP contribution is 2.57. The van der Waals surface area contributed by atoms with Crippen LogP contribution in [-0.2, 0) is 0 Å². The van der Waals surface area contributed by atoms with Gasteiger partial charge >= 0.3 is 0 Å². The molecule has 5 fully saturated rings. The van der Waals surface area contributed by atoms with E-state index in [9.17, 15) is 5.21 Å². The van der Waals surface area contributed by atoms with Crippen molar-refractivity contribution in [3.05, 3.63) is 0 Å². The summed E-state index contributed by atoms with van der Waals surface area (Å²) < 4.78 is 0. The standard InChI is InChI=1S/C15H24N2O/c18-17-15(13-2-1-3-16-13)14-11-5-9-4-10(7-11)8-12(14)6-9/h9-14,16,18H,1-8H2/b17-15-. The molecule has 4 saturated carbocycles. The van der Waals surface area contributed by atoms with Crippen molar-refractivity contribution < 1.29 is 5.21 Å². The van der Waals surface area contributed by atoms with Crippen LogP contribution in [0.4, 0.5) is 0 Å². The fourth-order valence-electron chi connectivity index (χ4n) is 5.71. The Morgan fingerprint density at radius 1 is 1.00 bits per heavy atom. The van der Waals surface area contributed by atoms with E-state index in [1.165, 1.54) is 44.9 Å². The van der Waals surface area contributed by atoms with Gasteiger partial charge in [-0.15, -0.1) is 0 Å². The molecule has 18 heavy (non-hydrogen) atoms. The minimum absolute atomic E-state index is 0.373. The monoisotopic (exact) mass is 248 g/mol. The molecule has 1 atom stereocenters. The van der Waals surface area contributed by atoms with Gasteiger partial charge < -0.3 is 10.5 Å². The molecular formula is C15H24N2O. The Balaban J connectivity index is 1.59. The van der Waals surface area contributed by atoms with E-state index in [0.29, 0.717) is 12.0 Å². The highest BCUT2D eigenvalue weighted by Gasteiger charge is 2.51. The van der Waals surface area contributed by atoms with Crippen molar-refractivity contribution >= 4 is 5.71 Å². The molecule has 5 rings (SSSR count). The Morgan fingerprint density at radius 3 is 2.17 bits per heavy atom. The maximum absolute atomic E-state index is 9.52. The third-order valence-electron chi connectivity index (χ3n) is 6.10. The summed E-state index contributed by atoms with van der Waals surface area (Å²) in [6, 6.07) is 0.373. The van der Waals surface area contributed by atoms with Crippen LogP contribution in [0.15, 0.2) is 5.16 Å². The molecule has 5 aliphatic rings. The SMILES string of the molecule is O/N=C(/C1CCCN1)C1C2CC3CC(C2)CC1C3. The largest absolute Gasteiger partial charge is 0.411 e. The maximum atomic E-state index is 9.52. The van der Waals surface area contributed by atoms with E-state index in [4.69, 9.17) is 0 Å². The molecule has 2 N–H and O–H groups in total. The second-order valence-corrected chi connectivity index (χ2v) is 7.13. The third kappa shape index (κ3) is 1.63. The first-order valence-corrected chi connectivity index (χ1v) is 7.80. The number of nitrogens with zero attached hydrogens (tertiary/aromatic N) is 1. The van der Waals surface area contributed by atoms with Crippen molar-refractivity contribution in [2.45, 2.75) is 51.0 Å². The van der Waals surface area contributed by atoms with E-state index < -0.39 is 0 Å². The van der Waals surface area contributed by atoms with Gasteiger partial charge in [-0.3, -0.25) is 0 Å². The second kappa shape index (κ2) is 4.22. The number of nitrogens with one attached hydrogen (secondary N) is 1. The predicted molar refractivity (Wildman–Crippen MR) is 70.8 cm³/mol. The van der Waals surface area contributed by atoms with Crippen molar-refractivity contribution in [1.29, 1.82) is 0 Å². The molecule has 3 heteroatoms. The van der Waals surface area contributed by atoms with Crippen LogP contribution in [-0.4, -0.2) is 23.5 Å². The van der Waals surface area contributed by atoms with Gasteiger partial charge in [-0.25, -0.2) is 0 Å². The van der Waals surface area contributed by atoms with Gasteiger partial charge in [0.25, 0.3) is 0 Å². The average molecular weight is 248 g/mol. The van der Waals surface area contributed by atoms with Crippen molar-refractivity contribution in [3.63, 3.8) is 0 Å². The Bertz CT molecular complexity index is 332. The number of hydrogen-bond acceptors (Lipinski definition) is 3. The van der Waals surface area contributed by atoms with Gasteiger partial charge in [0, 0.05) is 12.0 Å². The van der Waals surface area contributed by atoms with Gasteiger partial charge in [0.2, 0.25) is 0 Å². The van der Waals surface area contributed by atoms with E-state index in [1.54, 1.807) is 0 Å². The minimum Gasteiger partial charge on any atom is -0.411 e. The van der Waals surface area contributed by atoms with Crippen LogP contribution in [0.5, 0.6) is 0 Å². The Hall–Kier alpha value is -0.570. The fraction of sp³-hybridized carbons (Fsp3) is 0.933. The normalized spacial score (nSPS) is 51.0. The number of oxime groups is 1. The molecule has 0 amide bonds. The summed E-state index contributed by atoms with van der Waals surface area (Å²) in [6.07, 6.45) is 9.52. The lowest BCUT2D eigenvalue weighted by Gasteiger charge is -2.54. The predicted octanol–water partition coefficient (Wildman–Crippen LogP) is 2.64. The molecule has 4 bridgehead atoms. The van der Waals surface area contributed by atoms with E-state index >= 15 is 0 Å². The van der Waals surface area contributed by atoms with Crippen molar-refractivity contribution in [2.75, 3.05) is 6.54 Å². The van der Waals surface area contributed by atoms with E-state index in [2.05, 4.69) is 10.5 Å². The van der Waals surface area contributed by atoms with Gasteiger partial charge in [-0.1, -0.05) is 5.16 Å². The quantitative estimate of drug-likeness (QED) is 0.448. The highest BCUT2D eigenvalue weighted by atomic mass is 16.4. The first-order valence-electron chi connectivity index (χ1n) is 7.80. The van der Waals surface area contributed by atoms with Crippen LogP contribution < -0.4 is 5.32 Å². The zero-order valence-corrected chi connectivity index (χ0v) is 11.0. The lowest BCUT2D eigenvalue weighted by atomic mass is 9.50. The summed E-state index contributed by atoms with van der Waals surface area (Å²) in [5, 5.41) is 16.8. The lowest BCUT2D eigenvalue weighted by molar-refractivity contribution is -0.0105. The molecule has 100 valence electrons. The second-order valence-electron chi connectivity index (χ2n) is 7.13. The van der Waals surface area contributed by atoms with Crippen molar-refractivity contribution in [2.24, 2.45) is 34.7 Å². The molecule has 0 aromatic rings. The Morgan fingerprint density at radius 2 is 1.67 bits per heavy atom. The summed E-state index contributed by atoms with van der Waals surface area (Å²) in [4.78, 5) is 0. The molecule has 0 aromatic carbocycles. The minimum atomic E-state index is 0.373. The van der Waals surface area contributed by atoms with Crippen LogP contribution in [0.3, 0.4) is 0 Å². The molecule has 3 nitrogen and oxygen atoms in total. The molecule has 4 aliphatic carbocycles. The number of hydrogen-bond donors (Lipinski definition) is 2. The molecule has 0 spiro atoms. The van der Waals surface area contributed by atoms with Gasteiger partial charge in [0.15, 0.2) is 0 Å². The first-order chi connectivity index (χ1) is 8.85. The Kier molecular flexibility index (Phi) is 2.65. The van der Waals surface area contributed by atoms with Gasteiger partial charge in [0.1, 0.15) is 0 Å². The smallest absolute Gasteiger partial charge is 0.0776 e. The van der Waals surface area contributed by atoms with E-state index in [1.807, 2.05) is 0 Å². The molecule has 1 aliphatic heterocycles. The number of rotatable bonds is 2. The van der Waals surface area contributed by atoms with Gasteiger partial charge in [0.05, 0.1) is 5.71 Å². The first kappa shape index (κ1) is 11.3. The lowest BCUT2D eigenvalue weighted by Crippen LogP contribution is -2.51.